The van der Waals surface area contributed by atoms with E-state index in [1.54, 1.807) is 13.0 Å². The molecule has 2 aromatic rings. The summed E-state index contributed by atoms with van der Waals surface area (Å²) in [5.74, 6) is 0.783. The van der Waals surface area contributed by atoms with E-state index in [0.29, 0.717) is 5.56 Å². The number of halogens is 1. The van der Waals surface area contributed by atoms with E-state index in [1.165, 1.54) is 6.07 Å². The van der Waals surface area contributed by atoms with Crippen LogP contribution in [0.1, 0.15) is 11.1 Å². The Morgan fingerprint density at radius 3 is 2.22 bits per heavy atom. The lowest BCUT2D eigenvalue weighted by Crippen LogP contribution is -2.12. The van der Waals surface area contributed by atoms with Gasteiger partial charge in [-0.3, -0.25) is 0 Å². The third-order valence-corrected chi connectivity index (χ3v) is 2.97. The third kappa shape index (κ3) is 2.35. The first-order valence-electron chi connectivity index (χ1n) is 5.89. The Labute approximate surface area is 107 Å². The predicted octanol–water partition coefficient (Wildman–Crippen LogP) is 3.57. The molecule has 0 aliphatic rings. The van der Waals surface area contributed by atoms with Gasteiger partial charge in [-0.15, -0.1) is 0 Å². The van der Waals surface area contributed by atoms with E-state index in [2.05, 4.69) is 11.1 Å². The number of hydrogen-bond donors (Lipinski definition) is 0. The van der Waals surface area contributed by atoms with Gasteiger partial charge in [0.25, 0.3) is 0 Å². The number of aryl methyl sites for hydroxylation is 2. The summed E-state index contributed by atoms with van der Waals surface area (Å²) in [6, 6.07) is 7.21. The number of benzene rings is 1. The van der Waals surface area contributed by atoms with E-state index in [1.807, 2.05) is 38.2 Å². The molecule has 0 bridgehead atoms. The first-order valence-corrected chi connectivity index (χ1v) is 5.89. The lowest BCUT2D eigenvalue weighted by atomic mass is 10.0. The molecule has 0 N–H and O–H groups in total. The molecule has 1 heterocycles. The van der Waals surface area contributed by atoms with Gasteiger partial charge in [-0.05, 0) is 48.7 Å². The van der Waals surface area contributed by atoms with Gasteiger partial charge in [0, 0.05) is 25.9 Å². The van der Waals surface area contributed by atoms with Gasteiger partial charge >= 0.3 is 0 Å². The fourth-order valence-corrected chi connectivity index (χ4v) is 2.02. The van der Waals surface area contributed by atoms with Crippen LogP contribution < -0.4 is 4.90 Å². The third-order valence-electron chi connectivity index (χ3n) is 2.97. The maximum atomic E-state index is 13.2. The minimum absolute atomic E-state index is 0.173. The molecule has 3 heteroatoms. The summed E-state index contributed by atoms with van der Waals surface area (Å²) in [7, 11) is 3.94. The smallest absolute Gasteiger partial charge is 0.130 e. The Morgan fingerprint density at radius 2 is 1.67 bits per heavy atom. The zero-order valence-corrected chi connectivity index (χ0v) is 11.2. The van der Waals surface area contributed by atoms with Crippen molar-refractivity contribution in [2.75, 3.05) is 19.0 Å². The summed E-state index contributed by atoms with van der Waals surface area (Å²) >= 11 is 0. The molecule has 0 spiro atoms. The number of pyridine rings is 1. The predicted molar refractivity (Wildman–Crippen MR) is 73.4 cm³/mol. The largest absolute Gasteiger partial charge is 0.363 e. The highest BCUT2D eigenvalue weighted by Crippen LogP contribution is 2.25. The highest BCUT2D eigenvalue weighted by atomic mass is 19.1. The number of aromatic nitrogens is 1. The molecular weight excluding hydrogens is 227 g/mol. The van der Waals surface area contributed by atoms with Crippen molar-refractivity contribution in [1.29, 1.82) is 0 Å². The molecule has 0 amide bonds. The van der Waals surface area contributed by atoms with Gasteiger partial charge in [0.15, 0.2) is 0 Å². The first-order chi connectivity index (χ1) is 8.49. The van der Waals surface area contributed by atoms with Crippen molar-refractivity contribution in [3.63, 3.8) is 0 Å². The molecule has 0 aliphatic heterocycles. The Bertz CT molecular complexity index is 577. The highest BCUT2D eigenvalue weighted by Gasteiger charge is 2.06. The average Bonchev–Trinajstić information content (AvgIpc) is 2.32. The van der Waals surface area contributed by atoms with Crippen molar-refractivity contribution in [3.8, 4) is 11.1 Å². The topological polar surface area (TPSA) is 16.1 Å². The second kappa shape index (κ2) is 4.77. The molecule has 1 aromatic heterocycles. The summed E-state index contributed by atoms with van der Waals surface area (Å²) in [4.78, 5) is 6.42. The van der Waals surface area contributed by atoms with Crippen molar-refractivity contribution >= 4 is 5.82 Å². The zero-order valence-electron chi connectivity index (χ0n) is 11.2. The Balaban J connectivity index is 2.45. The number of anilines is 1. The van der Waals surface area contributed by atoms with E-state index in [0.717, 1.165) is 22.5 Å². The number of nitrogens with zero attached hydrogens (tertiary/aromatic N) is 2. The van der Waals surface area contributed by atoms with Crippen LogP contribution >= 0.6 is 0 Å². The number of hydrogen-bond acceptors (Lipinski definition) is 2. The molecule has 94 valence electrons. The lowest BCUT2D eigenvalue weighted by Gasteiger charge is -2.15. The minimum Gasteiger partial charge on any atom is -0.363 e. The average molecular weight is 244 g/mol. The first kappa shape index (κ1) is 12.6. The Kier molecular flexibility index (Phi) is 3.32. The molecular formula is C15H17FN2. The van der Waals surface area contributed by atoms with Crippen LogP contribution in [0.5, 0.6) is 0 Å². The minimum atomic E-state index is -0.173. The van der Waals surface area contributed by atoms with E-state index >= 15 is 0 Å². The molecule has 1 aromatic carbocycles. The summed E-state index contributed by atoms with van der Waals surface area (Å²) in [6.45, 7) is 3.80. The van der Waals surface area contributed by atoms with Crippen LogP contribution in [0.4, 0.5) is 10.2 Å². The van der Waals surface area contributed by atoms with Gasteiger partial charge in [-0.25, -0.2) is 9.37 Å². The van der Waals surface area contributed by atoms with Crippen LogP contribution in [0.3, 0.4) is 0 Å². The molecule has 0 radical (unpaired) electrons. The molecule has 0 fully saturated rings. The van der Waals surface area contributed by atoms with Crippen LogP contribution in [-0.2, 0) is 0 Å². The van der Waals surface area contributed by atoms with E-state index in [-0.39, 0.29) is 5.82 Å². The van der Waals surface area contributed by atoms with Crippen molar-refractivity contribution in [1.82, 2.24) is 4.98 Å². The van der Waals surface area contributed by atoms with Gasteiger partial charge in [-0.1, -0.05) is 6.07 Å². The summed E-state index contributed by atoms with van der Waals surface area (Å²) < 4.78 is 13.2. The molecule has 18 heavy (non-hydrogen) atoms. The highest BCUT2D eigenvalue weighted by molar-refractivity contribution is 5.66. The summed E-state index contributed by atoms with van der Waals surface area (Å²) in [5, 5.41) is 0. The van der Waals surface area contributed by atoms with Crippen LogP contribution in [-0.4, -0.2) is 19.1 Å². The monoisotopic (exact) mass is 244 g/mol. The van der Waals surface area contributed by atoms with Crippen LogP contribution in [0.25, 0.3) is 11.1 Å². The van der Waals surface area contributed by atoms with Crippen LogP contribution in [0.15, 0.2) is 30.5 Å². The van der Waals surface area contributed by atoms with Crippen molar-refractivity contribution in [2.45, 2.75) is 13.8 Å². The quantitative estimate of drug-likeness (QED) is 0.802. The molecule has 0 unspecified atom stereocenters. The Hall–Kier alpha value is -1.90. The maximum Gasteiger partial charge on any atom is 0.130 e. The van der Waals surface area contributed by atoms with Crippen LogP contribution in [0.2, 0.25) is 0 Å². The van der Waals surface area contributed by atoms with Gasteiger partial charge < -0.3 is 4.90 Å². The molecule has 2 nitrogen and oxygen atoms in total. The zero-order chi connectivity index (χ0) is 13.3. The lowest BCUT2D eigenvalue weighted by molar-refractivity contribution is 0.619. The molecule has 0 atom stereocenters. The van der Waals surface area contributed by atoms with Crippen molar-refractivity contribution in [3.05, 3.63) is 47.4 Å². The SMILES string of the molecule is Cc1cc(-c2cnc(N(C)C)c(C)c2)ccc1F. The van der Waals surface area contributed by atoms with E-state index in [4.69, 9.17) is 0 Å². The van der Waals surface area contributed by atoms with Crippen molar-refractivity contribution in [2.24, 2.45) is 0 Å². The van der Waals surface area contributed by atoms with Gasteiger partial charge in [0.1, 0.15) is 11.6 Å². The second-order valence-electron chi connectivity index (χ2n) is 4.72. The van der Waals surface area contributed by atoms with Crippen molar-refractivity contribution < 1.29 is 4.39 Å². The molecule has 0 saturated heterocycles. The number of rotatable bonds is 2. The van der Waals surface area contributed by atoms with Gasteiger partial charge in [0.2, 0.25) is 0 Å². The fraction of sp³-hybridized carbons (Fsp3) is 0.267. The molecule has 0 saturated carbocycles. The summed E-state index contributed by atoms with van der Waals surface area (Å²) in [6.07, 6.45) is 1.83. The van der Waals surface area contributed by atoms with Gasteiger partial charge in [-0.2, -0.15) is 0 Å². The summed E-state index contributed by atoms with van der Waals surface area (Å²) in [5.41, 5.74) is 3.78. The molecule has 0 aliphatic carbocycles. The fourth-order valence-electron chi connectivity index (χ4n) is 2.02. The van der Waals surface area contributed by atoms with E-state index < -0.39 is 0 Å². The Morgan fingerprint density at radius 1 is 1.00 bits per heavy atom. The second-order valence-corrected chi connectivity index (χ2v) is 4.72. The van der Waals surface area contributed by atoms with E-state index in [9.17, 15) is 4.39 Å². The maximum absolute atomic E-state index is 13.2. The standard InChI is InChI=1S/C15H17FN2/c1-10-7-12(5-6-14(10)16)13-8-11(2)15(17-9-13)18(3)4/h5-9H,1-4H3. The van der Waals surface area contributed by atoms with Gasteiger partial charge in [0.05, 0.1) is 0 Å². The molecule has 2 rings (SSSR count). The van der Waals surface area contributed by atoms with Crippen LogP contribution in [0, 0.1) is 19.7 Å². The normalized spacial score (nSPS) is 10.5.